The van der Waals surface area contributed by atoms with E-state index in [0.717, 1.165) is 10.1 Å². The maximum Gasteiger partial charge on any atom is 0.437 e. The molecule has 4 heterocycles. The van der Waals surface area contributed by atoms with Crippen molar-refractivity contribution >= 4 is 34.1 Å². The van der Waals surface area contributed by atoms with Crippen LogP contribution in [0.5, 0.6) is 0 Å². The van der Waals surface area contributed by atoms with Gasteiger partial charge in [-0.3, -0.25) is 9.89 Å². The van der Waals surface area contributed by atoms with Crippen molar-refractivity contribution in [3.05, 3.63) is 48.0 Å². The topological polar surface area (TPSA) is 160 Å². The molecule has 0 aliphatic heterocycles. The van der Waals surface area contributed by atoms with Gasteiger partial charge in [0.15, 0.2) is 11.3 Å². The molecule has 2 N–H and O–H groups in total. The number of pyridine rings is 2. The second kappa shape index (κ2) is 9.22. The van der Waals surface area contributed by atoms with Gasteiger partial charge >= 0.3 is 12.1 Å². The smallest absolute Gasteiger partial charge is 0.437 e. The Hall–Kier alpha value is -4.33. The zero-order valence-corrected chi connectivity index (χ0v) is 17.7. The predicted octanol–water partition coefficient (Wildman–Crippen LogP) is 2.87. The van der Waals surface area contributed by atoms with Crippen LogP contribution in [0.4, 0.5) is 4.79 Å². The number of nitriles is 1. The number of ether oxygens (including phenoxy) is 1. The van der Waals surface area contributed by atoms with E-state index in [0.29, 0.717) is 28.1 Å². The molecular formula is C21H21N7O4. The molecule has 4 aromatic rings. The minimum absolute atomic E-state index is 0.0534. The van der Waals surface area contributed by atoms with Crippen molar-refractivity contribution in [3.8, 4) is 6.07 Å². The third-order valence-corrected chi connectivity index (χ3v) is 4.07. The summed E-state index contributed by atoms with van der Waals surface area (Å²) >= 11 is 0. The molecule has 0 amide bonds. The number of hydrogen-bond acceptors (Lipinski definition) is 8. The Morgan fingerprint density at radius 3 is 2.53 bits per heavy atom. The van der Waals surface area contributed by atoms with Gasteiger partial charge in [-0.15, -0.1) is 4.68 Å². The first-order valence-electron chi connectivity index (χ1n) is 9.62. The summed E-state index contributed by atoms with van der Waals surface area (Å²) in [5.74, 6) is -0.880. The third kappa shape index (κ3) is 5.23. The molecule has 0 fully saturated rings. The van der Waals surface area contributed by atoms with Gasteiger partial charge in [-0.1, -0.05) is 0 Å². The predicted molar refractivity (Wildman–Crippen MR) is 114 cm³/mol. The zero-order valence-electron chi connectivity index (χ0n) is 17.7. The molecule has 11 nitrogen and oxygen atoms in total. The van der Waals surface area contributed by atoms with Gasteiger partial charge in [0.1, 0.15) is 5.60 Å². The number of nitrogens with one attached hydrogen (secondary N) is 1. The van der Waals surface area contributed by atoms with Gasteiger partial charge < -0.3 is 9.84 Å². The largest absolute Gasteiger partial charge is 0.481 e. The summed E-state index contributed by atoms with van der Waals surface area (Å²) in [5.41, 5.74) is 1.47. The number of fused-ring (bicyclic) bond motifs is 2. The third-order valence-electron chi connectivity index (χ3n) is 4.07. The molecule has 0 spiro atoms. The number of H-pyrrole nitrogens is 1. The van der Waals surface area contributed by atoms with E-state index in [1.54, 1.807) is 57.4 Å². The Morgan fingerprint density at radius 1 is 1.19 bits per heavy atom. The summed E-state index contributed by atoms with van der Waals surface area (Å²) in [4.78, 5) is 30.6. The number of aromatic amines is 1. The van der Waals surface area contributed by atoms with Gasteiger partial charge in [0.2, 0.25) is 0 Å². The number of carboxylic acid groups (broad SMARTS) is 1. The van der Waals surface area contributed by atoms with Gasteiger partial charge in [-0.25, -0.2) is 14.8 Å². The average molecular weight is 435 g/mol. The number of carbonyl (C=O) groups excluding carboxylic acids is 1. The monoisotopic (exact) mass is 435 g/mol. The van der Waals surface area contributed by atoms with Crippen LogP contribution >= 0.6 is 0 Å². The highest BCUT2D eigenvalue weighted by molar-refractivity contribution is 5.87. The Labute approximate surface area is 182 Å². The van der Waals surface area contributed by atoms with Crippen LogP contribution in [0.1, 0.15) is 32.2 Å². The highest BCUT2D eigenvalue weighted by atomic mass is 16.6. The van der Waals surface area contributed by atoms with Crippen LogP contribution in [0.25, 0.3) is 22.1 Å². The number of aliphatic carboxylic acids is 1. The summed E-state index contributed by atoms with van der Waals surface area (Å²) in [5, 5.41) is 29.5. The fourth-order valence-electron chi connectivity index (χ4n) is 2.84. The van der Waals surface area contributed by atoms with Crippen LogP contribution in [0, 0.1) is 11.3 Å². The molecule has 0 saturated heterocycles. The molecule has 0 atom stereocenters. The van der Waals surface area contributed by atoms with Crippen LogP contribution in [-0.4, -0.2) is 52.7 Å². The van der Waals surface area contributed by atoms with Crippen LogP contribution in [0.3, 0.4) is 0 Å². The van der Waals surface area contributed by atoms with Crippen LogP contribution in [-0.2, 0) is 22.4 Å². The van der Waals surface area contributed by atoms with E-state index in [-0.39, 0.29) is 12.8 Å². The first-order chi connectivity index (χ1) is 15.2. The minimum atomic E-state index is -0.880. The summed E-state index contributed by atoms with van der Waals surface area (Å²) < 4.78 is 6.37. The van der Waals surface area contributed by atoms with Crippen molar-refractivity contribution in [2.24, 2.45) is 0 Å². The molecular weight excluding hydrogens is 414 g/mol. The fraction of sp³-hybridized carbons (Fsp3) is 0.286. The van der Waals surface area contributed by atoms with E-state index in [1.165, 1.54) is 0 Å². The molecule has 4 rings (SSSR count). The second-order valence-electron chi connectivity index (χ2n) is 7.70. The van der Waals surface area contributed by atoms with E-state index in [4.69, 9.17) is 15.1 Å². The molecule has 0 aliphatic rings. The first kappa shape index (κ1) is 22.4. The van der Waals surface area contributed by atoms with Crippen molar-refractivity contribution in [1.82, 2.24) is 29.9 Å². The van der Waals surface area contributed by atoms with Gasteiger partial charge in [-0.2, -0.15) is 15.5 Å². The molecule has 0 saturated carbocycles. The Kier molecular flexibility index (Phi) is 6.44. The van der Waals surface area contributed by atoms with Crippen LogP contribution in [0.15, 0.2) is 36.7 Å². The highest BCUT2D eigenvalue weighted by Gasteiger charge is 2.22. The lowest BCUT2D eigenvalue weighted by Crippen LogP contribution is -2.28. The van der Waals surface area contributed by atoms with Gasteiger partial charge in [-0.05, 0) is 45.0 Å². The van der Waals surface area contributed by atoms with E-state index in [9.17, 15) is 9.59 Å². The number of rotatable bonds is 3. The molecule has 164 valence electrons. The van der Waals surface area contributed by atoms with Crippen molar-refractivity contribution in [2.75, 3.05) is 0 Å². The maximum absolute atomic E-state index is 12.0. The lowest BCUT2D eigenvalue weighted by Gasteiger charge is -2.18. The number of carboxylic acids is 1. The van der Waals surface area contributed by atoms with Crippen molar-refractivity contribution in [1.29, 1.82) is 5.26 Å². The van der Waals surface area contributed by atoms with Gasteiger partial charge in [0.05, 0.1) is 30.3 Å². The van der Waals surface area contributed by atoms with Crippen molar-refractivity contribution in [3.63, 3.8) is 0 Å². The Bertz CT molecular complexity index is 1310. The van der Waals surface area contributed by atoms with Crippen LogP contribution < -0.4 is 0 Å². The van der Waals surface area contributed by atoms with E-state index in [1.807, 2.05) is 6.07 Å². The molecule has 0 bridgehead atoms. The molecule has 4 aromatic heterocycles. The number of hydrogen-bond donors (Lipinski definition) is 2. The van der Waals surface area contributed by atoms with Gasteiger partial charge in [0, 0.05) is 23.2 Å². The second-order valence-corrected chi connectivity index (χ2v) is 7.70. The molecule has 11 heteroatoms. The van der Waals surface area contributed by atoms with Gasteiger partial charge in [0.25, 0.3) is 0 Å². The summed E-state index contributed by atoms with van der Waals surface area (Å²) in [6.07, 6.45) is 2.66. The SMILES string of the molecule is CC(C)(C)OC(=O)n1nc(CC#N)c2cccnc21.O=C(O)Cc1[nH]nc2ncccc12. The van der Waals surface area contributed by atoms with Crippen molar-refractivity contribution < 1.29 is 19.4 Å². The summed E-state index contributed by atoms with van der Waals surface area (Å²) in [7, 11) is 0. The molecule has 32 heavy (non-hydrogen) atoms. The van der Waals surface area contributed by atoms with Crippen molar-refractivity contribution in [2.45, 2.75) is 39.2 Å². The first-order valence-corrected chi connectivity index (χ1v) is 9.62. The average Bonchev–Trinajstić information content (AvgIpc) is 3.30. The molecule has 0 radical (unpaired) electrons. The Morgan fingerprint density at radius 2 is 1.88 bits per heavy atom. The Balaban J connectivity index is 0.000000193. The van der Waals surface area contributed by atoms with E-state index >= 15 is 0 Å². The highest BCUT2D eigenvalue weighted by Crippen LogP contribution is 2.18. The normalized spacial score (nSPS) is 10.9. The number of nitrogens with zero attached hydrogens (tertiary/aromatic N) is 6. The minimum Gasteiger partial charge on any atom is -0.481 e. The number of carbonyl (C=O) groups is 2. The quantitative estimate of drug-likeness (QED) is 0.493. The van der Waals surface area contributed by atoms with E-state index < -0.39 is 17.7 Å². The lowest BCUT2D eigenvalue weighted by atomic mass is 10.2. The zero-order chi connectivity index (χ0) is 23.3. The number of aromatic nitrogens is 6. The van der Waals surface area contributed by atoms with Crippen LogP contribution in [0.2, 0.25) is 0 Å². The molecule has 0 unspecified atom stereocenters. The molecule has 0 aromatic carbocycles. The summed E-state index contributed by atoms with van der Waals surface area (Å²) in [6.45, 7) is 5.33. The van der Waals surface area contributed by atoms with E-state index in [2.05, 4.69) is 25.3 Å². The fourth-order valence-corrected chi connectivity index (χ4v) is 2.84. The summed E-state index contributed by atoms with van der Waals surface area (Å²) in [6, 6.07) is 9.09. The standard InChI is InChI=1S/C13H14N4O2.C8H7N3O2/c1-13(2,3)19-12(18)17-11-9(5-4-8-15-11)10(16-17)6-7-14;12-7(13)4-6-5-2-1-3-9-8(5)11-10-6/h4-5,8H,6H2,1-3H3;1-3H,4H2,(H,12,13)(H,9,10,11). The maximum atomic E-state index is 12.0. The molecule has 0 aliphatic carbocycles. The lowest BCUT2D eigenvalue weighted by molar-refractivity contribution is -0.136.